The highest BCUT2D eigenvalue weighted by atomic mass is 32.2. The molecule has 1 aliphatic carbocycles. The molecule has 1 unspecified atom stereocenters. The Balaban J connectivity index is 1.66. The van der Waals surface area contributed by atoms with Crippen molar-refractivity contribution in [1.82, 2.24) is 9.21 Å². The molecule has 4 nitrogen and oxygen atoms in total. The number of piperazine rings is 1. The van der Waals surface area contributed by atoms with Crippen LogP contribution in [0.1, 0.15) is 29.5 Å². The van der Waals surface area contributed by atoms with E-state index in [1.165, 1.54) is 18.4 Å². The van der Waals surface area contributed by atoms with Gasteiger partial charge in [-0.15, -0.1) is 0 Å². The lowest BCUT2D eigenvalue weighted by Crippen LogP contribution is -2.56. The monoisotopic (exact) mass is 384 g/mol. The molecule has 0 N–H and O–H groups in total. The second-order valence-electron chi connectivity index (χ2n) is 7.95. The summed E-state index contributed by atoms with van der Waals surface area (Å²) in [6.07, 6.45) is 3.26. The largest absolute Gasteiger partial charge is 0.297 e. The van der Waals surface area contributed by atoms with Crippen LogP contribution in [0.3, 0.4) is 0 Å². The number of benzene rings is 2. The zero-order valence-corrected chi connectivity index (χ0v) is 17.0. The Morgan fingerprint density at radius 1 is 1.00 bits per heavy atom. The maximum atomic E-state index is 13.6. The van der Waals surface area contributed by atoms with Gasteiger partial charge in [0.1, 0.15) is 0 Å². The first kappa shape index (κ1) is 18.7. The summed E-state index contributed by atoms with van der Waals surface area (Å²) < 4.78 is 28.9. The predicted molar refractivity (Wildman–Crippen MR) is 108 cm³/mol. The number of aryl methyl sites for hydroxylation is 2. The molecule has 144 valence electrons. The van der Waals surface area contributed by atoms with Gasteiger partial charge in [0.05, 0.1) is 4.90 Å². The molecule has 4 rings (SSSR count). The average molecular weight is 385 g/mol. The van der Waals surface area contributed by atoms with Crippen molar-refractivity contribution >= 4 is 10.0 Å². The van der Waals surface area contributed by atoms with E-state index in [0.717, 1.165) is 30.6 Å². The van der Waals surface area contributed by atoms with Crippen LogP contribution < -0.4 is 0 Å². The molecule has 2 aromatic carbocycles. The standard InChI is InChI=1S/C22H28N2O2S/c1-17-8-9-18(2)22(14-17)27(25,26)24-13-12-23(20-10-11-20)16-21(24)15-19-6-4-3-5-7-19/h3-9,14,20-21H,10-13,15-16H2,1-2H3. The first-order chi connectivity index (χ1) is 12.9. The number of sulfonamides is 1. The van der Waals surface area contributed by atoms with E-state index < -0.39 is 10.0 Å². The minimum absolute atomic E-state index is 0.0216. The summed E-state index contributed by atoms with van der Waals surface area (Å²) in [4.78, 5) is 2.95. The van der Waals surface area contributed by atoms with Crippen molar-refractivity contribution in [3.05, 3.63) is 65.2 Å². The van der Waals surface area contributed by atoms with Crippen molar-refractivity contribution in [3.8, 4) is 0 Å². The van der Waals surface area contributed by atoms with Crippen LogP contribution in [-0.4, -0.2) is 49.3 Å². The number of rotatable bonds is 5. The fourth-order valence-corrected chi connectivity index (χ4v) is 6.03. The van der Waals surface area contributed by atoms with Crippen molar-refractivity contribution in [2.45, 2.75) is 50.1 Å². The van der Waals surface area contributed by atoms with Gasteiger partial charge in [-0.25, -0.2) is 8.42 Å². The van der Waals surface area contributed by atoms with Crippen LogP contribution in [0.25, 0.3) is 0 Å². The van der Waals surface area contributed by atoms with Gasteiger partial charge in [0.25, 0.3) is 0 Å². The van der Waals surface area contributed by atoms with Gasteiger partial charge < -0.3 is 0 Å². The summed E-state index contributed by atoms with van der Waals surface area (Å²) in [6, 6.07) is 16.6. The van der Waals surface area contributed by atoms with E-state index in [9.17, 15) is 8.42 Å². The molecule has 0 bridgehead atoms. The predicted octanol–water partition coefficient (Wildman–Crippen LogP) is 3.38. The first-order valence-corrected chi connectivity index (χ1v) is 11.3. The summed E-state index contributed by atoms with van der Waals surface area (Å²) in [6.45, 7) is 6.07. The second-order valence-corrected chi connectivity index (χ2v) is 9.81. The molecule has 1 aliphatic heterocycles. The lowest BCUT2D eigenvalue weighted by Gasteiger charge is -2.41. The fourth-order valence-electron chi connectivity index (χ4n) is 4.11. The van der Waals surface area contributed by atoms with Crippen LogP contribution in [0.15, 0.2) is 53.4 Å². The van der Waals surface area contributed by atoms with E-state index in [1.54, 1.807) is 4.31 Å². The summed E-state index contributed by atoms with van der Waals surface area (Å²) in [5.41, 5.74) is 3.00. The van der Waals surface area contributed by atoms with Crippen LogP contribution >= 0.6 is 0 Å². The van der Waals surface area contributed by atoms with Gasteiger partial charge in [-0.3, -0.25) is 4.90 Å². The maximum Gasteiger partial charge on any atom is 0.243 e. The van der Waals surface area contributed by atoms with E-state index in [4.69, 9.17) is 0 Å². The Morgan fingerprint density at radius 2 is 1.74 bits per heavy atom. The third-order valence-corrected chi connectivity index (χ3v) is 7.86. The fraction of sp³-hybridized carbons (Fsp3) is 0.455. The lowest BCUT2D eigenvalue weighted by molar-refractivity contribution is 0.128. The molecule has 27 heavy (non-hydrogen) atoms. The van der Waals surface area contributed by atoms with E-state index in [0.29, 0.717) is 17.5 Å². The molecule has 1 saturated carbocycles. The lowest BCUT2D eigenvalue weighted by atomic mass is 10.0. The van der Waals surface area contributed by atoms with Crippen molar-refractivity contribution < 1.29 is 8.42 Å². The second kappa shape index (κ2) is 7.38. The third kappa shape index (κ3) is 3.96. The first-order valence-electron chi connectivity index (χ1n) is 9.82. The molecule has 1 heterocycles. The Bertz CT molecular complexity index is 907. The molecule has 5 heteroatoms. The topological polar surface area (TPSA) is 40.6 Å². The third-order valence-electron chi connectivity index (χ3n) is 5.77. The molecular weight excluding hydrogens is 356 g/mol. The van der Waals surface area contributed by atoms with E-state index in [-0.39, 0.29) is 6.04 Å². The Morgan fingerprint density at radius 3 is 2.44 bits per heavy atom. The van der Waals surface area contributed by atoms with Crippen molar-refractivity contribution in [3.63, 3.8) is 0 Å². The molecule has 1 atom stereocenters. The Kier molecular flexibility index (Phi) is 5.10. The Hall–Kier alpha value is -1.69. The van der Waals surface area contributed by atoms with Gasteiger partial charge in [-0.1, -0.05) is 42.5 Å². The Labute approximate surface area is 162 Å². The molecule has 0 radical (unpaired) electrons. The molecule has 0 aromatic heterocycles. The van der Waals surface area contributed by atoms with Gasteiger partial charge in [-0.2, -0.15) is 4.31 Å². The molecule has 2 aromatic rings. The SMILES string of the molecule is Cc1ccc(C)c(S(=O)(=O)N2CCN(C3CC3)CC2Cc2ccccc2)c1. The van der Waals surface area contributed by atoms with Gasteiger partial charge in [0, 0.05) is 31.7 Å². The quantitative estimate of drug-likeness (QED) is 0.793. The minimum Gasteiger partial charge on any atom is -0.297 e. The molecular formula is C22H28N2O2S. The summed E-state index contributed by atoms with van der Waals surface area (Å²) in [5, 5.41) is 0. The summed E-state index contributed by atoms with van der Waals surface area (Å²) >= 11 is 0. The molecule has 0 amide bonds. The zero-order chi connectivity index (χ0) is 19.0. The van der Waals surface area contributed by atoms with Crippen molar-refractivity contribution in [2.24, 2.45) is 0 Å². The number of hydrogen-bond acceptors (Lipinski definition) is 3. The highest BCUT2D eigenvalue weighted by Gasteiger charge is 2.40. The average Bonchev–Trinajstić information content (AvgIpc) is 3.49. The highest BCUT2D eigenvalue weighted by Crippen LogP contribution is 2.32. The van der Waals surface area contributed by atoms with Crippen LogP contribution in [0.2, 0.25) is 0 Å². The van der Waals surface area contributed by atoms with Gasteiger partial charge in [-0.05, 0) is 55.9 Å². The molecule has 2 aliphatic rings. The molecule has 0 spiro atoms. The van der Waals surface area contributed by atoms with E-state index in [2.05, 4.69) is 17.0 Å². The van der Waals surface area contributed by atoms with Gasteiger partial charge in [0.15, 0.2) is 0 Å². The number of nitrogens with zero attached hydrogens (tertiary/aromatic N) is 2. The van der Waals surface area contributed by atoms with Crippen LogP contribution in [0, 0.1) is 13.8 Å². The highest BCUT2D eigenvalue weighted by molar-refractivity contribution is 7.89. The maximum absolute atomic E-state index is 13.6. The van der Waals surface area contributed by atoms with Gasteiger partial charge in [0.2, 0.25) is 10.0 Å². The minimum atomic E-state index is -3.51. The number of hydrogen-bond donors (Lipinski definition) is 0. The van der Waals surface area contributed by atoms with Crippen LogP contribution in [0.5, 0.6) is 0 Å². The molecule has 1 saturated heterocycles. The van der Waals surface area contributed by atoms with Crippen molar-refractivity contribution in [1.29, 1.82) is 0 Å². The van der Waals surface area contributed by atoms with E-state index in [1.807, 2.05) is 50.2 Å². The zero-order valence-electron chi connectivity index (χ0n) is 16.1. The van der Waals surface area contributed by atoms with Gasteiger partial charge >= 0.3 is 0 Å². The van der Waals surface area contributed by atoms with E-state index >= 15 is 0 Å². The van der Waals surface area contributed by atoms with Crippen LogP contribution in [-0.2, 0) is 16.4 Å². The summed E-state index contributed by atoms with van der Waals surface area (Å²) in [5.74, 6) is 0. The van der Waals surface area contributed by atoms with Crippen molar-refractivity contribution in [2.75, 3.05) is 19.6 Å². The summed E-state index contributed by atoms with van der Waals surface area (Å²) in [7, 11) is -3.51. The van der Waals surface area contributed by atoms with Crippen LogP contribution in [0.4, 0.5) is 0 Å². The normalized spacial score (nSPS) is 22.1. The smallest absolute Gasteiger partial charge is 0.243 e. The molecule has 2 fully saturated rings.